The number of piperidine rings is 1. The summed E-state index contributed by atoms with van der Waals surface area (Å²) >= 11 is 0. The van der Waals surface area contributed by atoms with Crippen molar-refractivity contribution in [2.45, 2.75) is 18.4 Å². The number of likely N-dealkylation sites (tertiary alicyclic amines) is 1. The van der Waals surface area contributed by atoms with Gasteiger partial charge in [0.05, 0.1) is 17.9 Å². The van der Waals surface area contributed by atoms with Crippen LogP contribution in [0.4, 0.5) is 0 Å². The molecule has 0 aromatic carbocycles. The van der Waals surface area contributed by atoms with Gasteiger partial charge in [-0.05, 0) is 26.0 Å². The van der Waals surface area contributed by atoms with E-state index in [1.54, 1.807) is 15.9 Å². The molecular weight excluding hydrogens is 296 g/mol. The molecule has 2 aliphatic heterocycles. The molecule has 3 rings (SSSR count). The topological polar surface area (TPSA) is 80.8 Å². The Morgan fingerprint density at radius 1 is 1.35 bits per heavy atom. The molecule has 7 heteroatoms. The second-order valence-electron chi connectivity index (χ2n) is 6.14. The zero-order valence-electron chi connectivity index (χ0n) is 13.2. The van der Waals surface area contributed by atoms with Gasteiger partial charge < -0.3 is 14.2 Å². The first-order valence-corrected chi connectivity index (χ1v) is 7.77. The summed E-state index contributed by atoms with van der Waals surface area (Å²) in [6, 6.07) is 3.71. The highest BCUT2D eigenvalue weighted by Gasteiger charge is 2.49. The molecule has 0 atom stereocenters. The maximum absolute atomic E-state index is 12.8. The fourth-order valence-electron chi connectivity index (χ4n) is 3.52. The first kappa shape index (κ1) is 15.6. The SMILES string of the molecule is CN1CCN(CC#N)C(=O)C12CCN(C(=O)c1ccoc1)CC2. The first-order valence-electron chi connectivity index (χ1n) is 7.77. The largest absolute Gasteiger partial charge is 0.472 e. The van der Waals surface area contributed by atoms with E-state index in [9.17, 15) is 9.59 Å². The number of carbonyl (C=O) groups is 2. The van der Waals surface area contributed by atoms with Crippen LogP contribution in [0.15, 0.2) is 23.0 Å². The molecule has 7 nitrogen and oxygen atoms in total. The standard InChI is InChI=1S/C16H20N4O3/c1-18-9-10-20(8-5-17)15(22)16(18)3-6-19(7-4-16)14(21)13-2-11-23-12-13/h2,11-12H,3-4,6-10H2,1H3. The molecule has 2 saturated heterocycles. The zero-order valence-corrected chi connectivity index (χ0v) is 13.2. The summed E-state index contributed by atoms with van der Waals surface area (Å²) in [6.45, 7) is 2.53. The molecule has 2 aliphatic rings. The monoisotopic (exact) mass is 316 g/mol. The van der Waals surface area contributed by atoms with Crippen molar-refractivity contribution in [1.29, 1.82) is 5.26 Å². The molecule has 0 unspecified atom stereocenters. The Labute approximate surface area is 135 Å². The average molecular weight is 316 g/mol. The predicted molar refractivity (Wildman–Crippen MR) is 81.4 cm³/mol. The number of hydrogen-bond donors (Lipinski definition) is 0. The van der Waals surface area contributed by atoms with Crippen molar-refractivity contribution in [2.24, 2.45) is 0 Å². The molecule has 23 heavy (non-hydrogen) atoms. The lowest BCUT2D eigenvalue weighted by Gasteiger charge is -2.51. The highest BCUT2D eigenvalue weighted by molar-refractivity contribution is 5.94. The Morgan fingerprint density at radius 3 is 2.70 bits per heavy atom. The summed E-state index contributed by atoms with van der Waals surface area (Å²) in [7, 11) is 1.95. The van der Waals surface area contributed by atoms with Crippen molar-refractivity contribution >= 4 is 11.8 Å². The van der Waals surface area contributed by atoms with Crippen LogP contribution < -0.4 is 0 Å². The minimum absolute atomic E-state index is 0.0169. The number of rotatable bonds is 2. The van der Waals surface area contributed by atoms with Gasteiger partial charge in [0.2, 0.25) is 5.91 Å². The van der Waals surface area contributed by atoms with Crippen LogP contribution in [0.3, 0.4) is 0 Å². The van der Waals surface area contributed by atoms with Crippen LogP contribution in [0.25, 0.3) is 0 Å². The molecule has 0 radical (unpaired) electrons. The van der Waals surface area contributed by atoms with Crippen molar-refractivity contribution in [1.82, 2.24) is 14.7 Å². The number of nitrogens with zero attached hydrogens (tertiary/aromatic N) is 4. The van der Waals surface area contributed by atoms with Crippen molar-refractivity contribution in [3.8, 4) is 6.07 Å². The van der Waals surface area contributed by atoms with Gasteiger partial charge in [0.25, 0.3) is 5.91 Å². The highest BCUT2D eigenvalue weighted by atomic mass is 16.3. The van der Waals surface area contributed by atoms with Crippen molar-refractivity contribution < 1.29 is 14.0 Å². The third kappa shape index (κ3) is 2.59. The van der Waals surface area contributed by atoms with Crippen LogP contribution in [-0.4, -0.2) is 71.8 Å². The first-order chi connectivity index (χ1) is 11.1. The molecule has 122 valence electrons. The fraction of sp³-hybridized carbons (Fsp3) is 0.562. The van der Waals surface area contributed by atoms with E-state index in [1.807, 2.05) is 7.05 Å². The Morgan fingerprint density at radius 2 is 2.09 bits per heavy atom. The van der Waals surface area contributed by atoms with Crippen molar-refractivity contribution in [3.05, 3.63) is 24.2 Å². The fourth-order valence-corrected chi connectivity index (χ4v) is 3.52. The molecule has 1 spiro atoms. The molecule has 1 aromatic heterocycles. The summed E-state index contributed by atoms with van der Waals surface area (Å²) in [6.07, 6.45) is 4.11. The Bertz CT molecular complexity index is 626. The van der Waals surface area contributed by atoms with E-state index < -0.39 is 5.54 Å². The van der Waals surface area contributed by atoms with Crippen LogP contribution in [0.5, 0.6) is 0 Å². The summed E-state index contributed by atoms with van der Waals surface area (Å²) in [4.78, 5) is 30.7. The molecular formula is C16H20N4O3. The van der Waals surface area contributed by atoms with Gasteiger partial charge in [-0.1, -0.05) is 0 Å². The minimum atomic E-state index is -0.581. The van der Waals surface area contributed by atoms with Gasteiger partial charge in [-0.3, -0.25) is 14.5 Å². The Balaban J connectivity index is 1.72. The van der Waals surface area contributed by atoms with Gasteiger partial charge >= 0.3 is 0 Å². The van der Waals surface area contributed by atoms with Crippen molar-refractivity contribution in [3.63, 3.8) is 0 Å². The molecule has 2 amide bonds. The van der Waals surface area contributed by atoms with Crippen LogP contribution >= 0.6 is 0 Å². The Kier molecular flexibility index (Phi) is 4.09. The van der Waals surface area contributed by atoms with Gasteiger partial charge in [0.15, 0.2) is 0 Å². The van der Waals surface area contributed by atoms with E-state index >= 15 is 0 Å². The second-order valence-corrected chi connectivity index (χ2v) is 6.14. The van der Waals surface area contributed by atoms with Gasteiger partial charge in [-0.15, -0.1) is 0 Å². The maximum Gasteiger partial charge on any atom is 0.257 e. The number of carbonyl (C=O) groups excluding carboxylic acids is 2. The summed E-state index contributed by atoms with van der Waals surface area (Å²) < 4.78 is 4.96. The third-order valence-electron chi connectivity index (χ3n) is 5.03. The Hall–Kier alpha value is -2.33. The van der Waals surface area contributed by atoms with E-state index in [-0.39, 0.29) is 18.4 Å². The average Bonchev–Trinajstić information content (AvgIpc) is 3.10. The molecule has 3 heterocycles. The second kappa shape index (κ2) is 6.05. The third-order valence-corrected chi connectivity index (χ3v) is 5.03. The van der Waals surface area contributed by atoms with Gasteiger partial charge in [-0.2, -0.15) is 5.26 Å². The number of hydrogen-bond acceptors (Lipinski definition) is 5. The molecule has 0 saturated carbocycles. The lowest BCUT2D eigenvalue weighted by atomic mass is 9.82. The summed E-state index contributed by atoms with van der Waals surface area (Å²) in [5, 5.41) is 8.89. The molecule has 1 aromatic rings. The maximum atomic E-state index is 12.8. The molecule has 0 aliphatic carbocycles. The van der Waals surface area contributed by atoms with E-state index in [1.165, 1.54) is 12.5 Å². The van der Waals surface area contributed by atoms with E-state index in [2.05, 4.69) is 11.0 Å². The van der Waals surface area contributed by atoms with Crippen LogP contribution in [0, 0.1) is 11.3 Å². The van der Waals surface area contributed by atoms with Crippen LogP contribution in [0.1, 0.15) is 23.2 Å². The smallest absolute Gasteiger partial charge is 0.257 e. The molecule has 2 fully saturated rings. The zero-order chi connectivity index (χ0) is 16.4. The lowest BCUT2D eigenvalue weighted by molar-refractivity contribution is -0.152. The van der Waals surface area contributed by atoms with Gasteiger partial charge in [-0.25, -0.2) is 0 Å². The van der Waals surface area contributed by atoms with E-state index in [0.717, 1.165) is 6.54 Å². The minimum Gasteiger partial charge on any atom is -0.472 e. The lowest BCUT2D eigenvalue weighted by Crippen LogP contribution is -2.68. The number of nitriles is 1. The highest BCUT2D eigenvalue weighted by Crippen LogP contribution is 2.33. The summed E-state index contributed by atoms with van der Waals surface area (Å²) in [5.41, 5.74) is -0.0437. The van der Waals surface area contributed by atoms with E-state index in [0.29, 0.717) is 38.0 Å². The number of likely N-dealkylation sites (N-methyl/N-ethyl adjacent to an activating group) is 1. The van der Waals surface area contributed by atoms with Crippen LogP contribution in [0.2, 0.25) is 0 Å². The van der Waals surface area contributed by atoms with Crippen LogP contribution in [-0.2, 0) is 4.79 Å². The number of amides is 2. The number of piperazine rings is 1. The van der Waals surface area contributed by atoms with Gasteiger partial charge in [0, 0.05) is 26.2 Å². The van der Waals surface area contributed by atoms with E-state index in [4.69, 9.17) is 9.68 Å². The predicted octanol–water partition coefficient (Wildman–Crippen LogP) is 0.552. The van der Waals surface area contributed by atoms with Crippen molar-refractivity contribution in [2.75, 3.05) is 39.8 Å². The van der Waals surface area contributed by atoms with Gasteiger partial charge in [0.1, 0.15) is 18.3 Å². The molecule has 0 bridgehead atoms. The summed E-state index contributed by atoms with van der Waals surface area (Å²) in [5.74, 6) is -0.0448. The quantitative estimate of drug-likeness (QED) is 0.744. The molecule has 0 N–H and O–H groups in total. The normalized spacial score (nSPS) is 21.5. The number of furan rings is 1.